The lowest BCUT2D eigenvalue weighted by molar-refractivity contribution is -0.394. The Hall–Kier alpha value is -4.07. The van der Waals surface area contributed by atoms with E-state index in [0.29, 0.717) is 0 Å². The van der Waals surface area contributed by atoms with Gasteiger partial charge in [0, 0.05) is 6.07 Å². The van der Waals surface area contributed by atoms with Gasteiger partial charge in [-0.2, -0.15) is 0 Å². The second-order valence-electron chi connectivity index (χ2n) is 6.40. The van der Waals surface area contributed by atoms with Crippen LogP contribution in [-0.2, 0) is 0 Å². The fourth-order valence-corrected chi connectivity index (χ4v) is 2.93. The van der Waals surface area contributed by atoms with Gasteiger partial charge in [-0.3, -0.25) is 25.0 Å². The second kappa shape index (κ2) is 8.30. The zero-order valence-electron chi connectivity index (χ0n) is 15.4. The summed E-state index contributed by atoms with van der Waals surface area (Å²) in [5, 5.41) is 24.8. The number of non-ortho nitro benzene ring substituents is 1. The maximum Gasteiger partial charge on any atom is 0.289 e. The predicted octanol–water partition coefficient (Wildman–Crippen LogP) is 4.66. The number of carbonyl (C=O) groups excluding carboxylic acids is 1. The zero-order chi connectivity index (χ0) is 21.0. The largest absolute Gasteiger partial charge is 0.345 e. The molecule has 8 nitrogen and oxygen atoms in total. The van der Waals surface area contributed by atoms with E-state index in [1.165, 1.54) is 0 Å². The van der Waals surface area contributed by atoms with Gasteiger partial charge in [0.2, 0.25) is 0 Å². The standard InChI is InChI=1S/C21H17N3O5/c1-14(15-7-9-17(10-8-15)16-5-3-2-4-6-16)22-21(25)19-12-11-18(23(26)27)13-20(19)24(28)29/h2-14H,1H3,(H,22,25)/t14-/m1/s1. The number of hydrogen-bond donors (Lipinski definition) is 1. The Balaban J connectivity index is 1.78. The van der Waals surface area contributed by atoms with Crippen molar-refractivity contribution in [1.82, 2.24) is 5.32 Å². The minimum atomic E-state index is -0.804. The monoisotopic (exact) mass is 391 g/mol. The van der Waals surface area contributed by atoms with Crippen LogP contribution in [0.15, 0.2) is 72.8 Å². The van der Waals surface area contributed by atoms with Crippen molar-refractivity contribution in [1.29, 1.82) is 0 Å². The number of hydrogen-bond acceptors (Lipinski definition) is 5. The summed E-state index contributed by atoms with van der Waals surface area (Å²) < 4.78 is 0. The molecule has 0 aliphatic carbocycles. The maximum absolute atomic E-state index is 12.5. The molecule has 1 N–H and O–H groups in total. The summed E-state index contributed by atoms with van der Waals surface area (Å²) in [6.45, 7) is 1.76. The Kier molecular flexibility index (Phi) is 5.64. The molecular weight excluding hydrogens is 374 g/mol. The van der Waals surface area contributed by atoms with Gasteiger partial charge < -0.3 is 5.32 Å². The van der Waals surface area contributed by atoms with E-state index in [0.717, 1.165) is 34.9 Å². The molecule has 0 unspecified atom stereocenters. The Morgan fingerprint density at radius 3 is 2.07 bits per heavy atom. The summed E-state index contributed by atoms with van der Waals surface area (Å²) in [6.07, 6.45) is 0. The lowest BCUT2D eigenvalue weighted by Gasteiger charge is -2.15. The smallest absolute Gasteiger partial charge is 0.289 e. The molecule has 3 aromatic carbocycles. The van der Waals surface area contributed by atoms with Crippen LogP contribution in [0.1, 0.15) is 28.9 Å². The zero-order valence-corrected chi connectivity index (χ0v) is 15.4. The van der Waals surface area contributed by atoms with Gasteiger partial charge in [-0.15, -0.1) is 0 Å². The molecule has 1 amide bonds. The van der Waals surface area contributed by atoms with Crippen LogP contribution in [0.25, 0.3) is 11.1 Å². The van der Waals surface area contributed by atoms with Crippen LogP contribution in [0.4, 0.5) is 11.4 Å². The topological polar surface area (TPSA) is 115 Å². The number of benzene rings is 3. The quantitative estimate of drug-likeness (QED) is 0.484. The van der Waals surface area contributed by atoms with Crippen LogP contribution in [-0.4, -0.2) is 15.8 Å². The summed E-state index contributed by atoms with van der Waals surface area (Å²) in [7, 11) is 0. The third-order valence-electron chi connectivity index (χ3n) is 4.50. The van der Waals surface area contributed by atoms with Gasteiger partial charge in [-0.1, -0.05) is 54.6 Å². The summed E-state index contributed by atoms with van der Waals surface area (Å²) in [5.74, 6) is -0.675. The van der Waals surface area contributed by atoms with Crippen molar-refractivity contribution in [2.24, 2.45) is 0 Å². The van der Waals surface area contributed by atoms with Crippen LogP contribution in [0.3, 0.4) is 0 Å². The van der Waals surface area contributed by atoms with Crippen molar-refractivity contribution < 1.29 is 14.6 Å². The van der Waals surface area contributed by atoms with E-state index in [4.69, 9.17) is 0 Å². The average Bonchev–Trinajstić information content (AvgIpc) is 2.73. The van der Waals surface area contributed by atoms with Crippen LogP contribution in [0.5, 0.6) is 0 Å². The SMILES string of the molecule is C[C@@H](NC(=O)c1ccc([N+](=O)[O-])cc1[N+](=O)[O-])c1ccc(-c2ccccc2)cc1. The Morgan fingerprint density at radius 1 is 0.862 bits per heavy atom. The van der Waals surface area contributed by atoms with Crippen LogP contribution in [0.2, 0.25) is 0 Å². The van der Waals surface area contributed by atoms with E-state index in [-0.39, 0.29) is 5.56 Å². The van der Waals surface area contributed by atoms with Gasteiger partial charge in [-0.05, 0) is 29.7 Å². The number of carbonyl (C=O) groups is 1. The average molecular weight is 391 g/mol. The highest BCUT2D eigenvalue weighted by atomic mass is 16.6. The highest BCUT2D eigenvalue weighted by molar-refractivity contribution is 5.98. The molecular formula is C21H17N3O5. The van der Waals surface area contributed by atoms with Crippen LogP contribution < -0.4 is 5.32 Å². The minimum absolute atomic E-state index is 0.228. The third kappa shape index (κ3) is 4.44. The molecule has 8 heteroatoms. The molecule has 0 aliphatic heterocycles. The Labute approximate surface area is 166 Å². The van der Waals surface area contributed by atoms with Gasteiger partial charge in [-0.25, -0.2) is 0 Å². The molecule has 0 saturated heterocycles. The van der Waals surface area contributed by atoms with E-state index < -0.39 is 33.2 Å². The van der Waals surface area contributed by atoms with Crippen molar-refractivity contribution in [2.45, 2.75) is 13.0 Å². The van der Waals surface area contributed by atoms with Crippen LogP contribution in [0, 0.1) is 20.2 Å². The normalized spacial score (nSPS) is 11.5. The highest BCUT2D eigenvalue weighted by Gasteiger charge is 2.25. The van der Waals surface area contributed by atoms with Crippen molar-refractivity contribution in [3.05, 3.63) is 104 Å². The van der Waals surface area contributed by atoms with Gasteiger partial charge in [0.15, 0.2) is 0 Å². The highest BCUT2D eigenvalue weighted by Crippen LogP contribution is 2.26. The molecule has 0 spiro atoms. The number of nitrogens with zero attached hydrogens (tertiary/aromatic N) is 2. The molecule has 0 aliphatic rings. The second-order valence-corrected chi connectivity index (χ2v) is 6.40. The lowest BCUT2D eigenvalue weighted by atomic mass is 10.0. The minimum Gasteiger partial charge on any atom is -0.345 e. The number of amides is 1. The van der Waals surface area contributed by atoms with Gasteiger partial charge >= 0.3 is 0 Å². The maximum atomic E-state index is 12.5. The fourth-order valence-electron chi connectivity index (χ4n) is 2.93. The fraction of sp³-hybridized carbons (Fsp3) is 0.0952. The molecule has 0 saturated carbocycles. The van der Waals surface area contributed by atoms with E-state index in [9.17, 15) is 25.0 Å². The Morgan fingerprint density at radius 2 is 1.48 bits per heavy atom. The number of nitro groups is 2. The summed E-state index contributed by atoms with van der Waals surface area (Å²) in [4.78, 5) is 33.1. The van der Waals surface area contributed by atoms with Crippen molar-refractivity contribution >= 4 is 17.3 Å². The molecule has 3 rings (SSSR count). The molecule has 3 aromatic rings. The van der Waals surface area contributed by atoms with Gasteiger partial charge in [0.1, 0.15) is 5.56 Å². The summed E-state index contributed by atoms with van der Waals surface area (Å²) >= 11 is 0. The molecule has 0 bridgehead atoms. The lowest BCUT2D eigenvalue weighted by Crippen LogP contribution is -2.27. The molecule has 1 atom stereocenters. The van der Waals surface area contributed by atoms with E-state index in [2.05, 4.69) is 5.32 Å². The number of nitrogens with one attached hydrogen (secondary N) is 1. The van der Waals surface area contributed by atoms with Gasteiger partial charge in [0.05, 0.1) is 22.0 Å². The van der Waals surface area contributed by atoms with Gasteiger partial charge in [0.25, 0.3) is 17.3 Å². The predicted molar refractivity (Wildman–Crippen MR) is 108 cm³/mol. The summed E-state index contributed by atoms with van der Waals surface area (Å²) in [6, 6.07) is 20.0. The first-order valence-electron chi connectivity index (χ1n) is 8.76. The van der Waals surface area contributed by atoms with Crippen molar-refractivity contribution in [3.63, 3.8) is 0 Å². The van der Waals surface area contributed by atoms with Crippen LogP contribution >= 0.6 is 0 Å². The molecule has 0 fully saturated rings. The van der Waals surface area contributed by atoms with E-state index >= 15 is 0 Å². The first-order chi connectivity index (χ1) is 13.9. The molecule has 146 valence electrons. The number of nitro benzene ring substituents is 2. The molecule has 0 radical (unpaired) electrons. The molecule has 0 aromatic heterocycles. The molecule has 0 heterocycles. The first-order valence-corrected chi connectivity index (χ1v) is 8.76. The summed E-state index contributed by atoms with van der Waals surface area (Å²) in [5.41, 5.74) is 1.63. The third-order valence-corrected chi connectivity index (χ3v) is 4.50. The van der Waals surface area contributed by atoms with Crippen molar-refractivity contribution in [2.75, 3.05) is 0 Å². The van der Waals surface area contributed by atoms with E-state index in [1.807, 2.05) is 54.6 Å². The first kappa shape index (κ1) is 19.7. The Bertz CT molecular complexity index is 1070. The van der Waals surface area contributed by atoms with Crippen molar-refractivity contribution in [3.8, 4) is 11.1 Å². The number of rotatable bonds is 6. The van der Waals surface area contributed by atoms with E-state index in [1.54, 1.807) is 6.92 Å². The molecule has 29 heavy (non-hydrogen) atoms.